The van der Waals surface area contributed by atoms with Gasteiger partial charge in [0.25, 0.3) is 0 Å². The number of ether oxygens (including phenoxy) is 1. The first-order valence-corrected chi connectivity index (χ1v) is 6.63. The van der Waals surface area contributed by atoms with Gasteiger partial charge < -0.3 is 10.5 Å². The summed E-state index contributed by atoms with van der Waals surface area (Å²) >= 11 is 0. The number of aldehydes is 1. The molecule has 1 unspecified atom stereocenters. The van der Waals surface area contributed by atoms with Crippen molar-refractivity contribution >= 4 is 12.2 Å². The van der Waals surface area contributed by atoms with Gasteiger partial charge in [-0.25, -0.2) is 4.68 Å². The van der Waals surface area contributed by atoms with Gasteiger partial charge in [0.1, 0.15) is 11.8 Å². The Morgan fingerprint density at radius 1 is 1.38 bits per heavy atom. The third-order valence-corrected chi connectivity index (χ3v) is 3.48. The van der Waals surface area contributed by atoms with Crippen LogP contribution in [0.4, 0.5) is 0 Å². The van der Waals surface area contributed by atoms with Crippen LogP contribution in [-0.4, -0.2) is 33.8 Å². The van der Waals surface area contributed by atoms with Crippen molar-refractivity contribution in [2.24, 2.45) is 5.73 Å². The van der Waals surface area contributed by atoms with Crippen molar-refractivity contribution in [3.63, 3.8) is 0 Å². The zero-order valence-electron chi connectivity index (χ0n) is 11.2. The Hall–Kier alpha value is -2.54. The summed E-state index contributed by atoms with van der Waals surface area (Å²) in [5, 5.41) is 7.90. The summed E-state index contributed by atoms with van der Waals surface area (Å²) in [6.45, 7) is 0.661. The van der Waals surface area contributed by atoms with E-state index in [4.69, 9.17) is 10.5 Å². The van der Waals surface area contributed by atoms with Crippen LogP contribution < -0.4 is 5.73 Å². The third kappa shape index (κ3) is 2.43. The third-order valence-electron chi connectivity index (χ3n) is 3.48. The van der Waals surface area contributed by atoms with Crippen LogP contribution in [0.1, 0.15) is 45.5 Å². The lowest BCUT2D eigenvalue weighted by atomic mass is 10.1. The lowest BCUT2D eigenvalue weighted by Crippen LogP contribution is -2.12. The minimum Gasteiger partial charge on any atom is -0.372 e. The molecule has 2 N–H and O–H groups in total. The van der Waals surface area contributed by atoms with Crippen molar-refractivity contribution in [1.29, 1.82) is 0 Å². The zero-order valence-corrected chi connectivity index (χ0v) is 11.2. The Morgan fingerprint density at radius 3 is 2.71 bits per heavy atom. The predicted octanol–water partition coefficient (Wildman–Crippen LogP) is 1.03. The lowest BCUT2D eigenvalue weighted by Gasteiger charge is -2.12. The topological polar surface area (TPSA) is 100 Å². The van der Waals surface area contributed by atoms with Gasteiger partial charge in [-0.1, -0.05) is 5.21 Å². The van der Waals surface area contributed by atoms with Crippen molar-refractivity contribution < 1.29 is 14.3 Å². The van der Waals surface area contributed by atoms with Gasteiger partial charge in [-0.05, 0) is 37.1 Å². The molecule has 1 saturated heterocycles. The van der Waals surface area contributed by atoms with Gasteiger partial charge in [0.05, 0.1) is 5.69 Å². The molecule has 1 aliphatic rings. The molecule has 1 atom stereocenters. The van der Waals surface area contributed by atoms with E-state index in [1.54, 1.807) is 28.9 Å². The molecule has 7 nitrogen and oxygen atoms in total. The number of rotatable bonds is 4. The molecule has 1 aromatic heterocycles. The highest BCUT2D eigenvalue weighted by molar-refractivity contribution is 5.92. The molecule has 0 radical (unpaired) electrons. The molecule has 1 aliphatic heterocycles. The number of primary amides is 1. The monoisotopic (exact) mass is 286 g/mol. The Balaban J connectivity index is 2.03. The van der Waals surface area contributed by atoms with E-state index < -0.39 is 5.91 Å². The number of carbonyl (C=O) groups is 2. The van der Waals surface area contributed by atoms with Crippen molar-refractivity contribution in [3.8, 4) is 5.69 Å². The normalized spacial score (nSPS) is 17.8. The summed E-state index contributed by atoms with van der Waals surface area (Å²) in [5.41, 5.74) is 7.25. The maximum atomic E-state index is 11.1. The van der Waals surface area contributed by atoms with Crippen molar-refractivity contribution in [1.82, 2.24) is 15.0 Å². The molecule has 2 aromatic rings. The molecule has 2 heterocycles. The van der Waals surface area contributed by atoms with Gasteiger partial charge in [0.2, 0.25) is 5.91 Å². The molecule has 0 saturated carbocycles. The first kappa shape index (κ1) is 13.4. The summed E-state index contributed by atoms with van der Waals surface area (Å²) in [6, 6.07) is 6.64. The summed E-state index contributed by atoms with van der Waals surface area (Å²) in [4.78, 5) is 22.2. The van der Waals surface area contributed by atoms with Crippen LogP contribution in [-0.2, 0) is 4.74 Å². The Morgan fingerprint density at radius 2 is 2.14 bits per heavy atom. The first-order chi connectivity index (χ1) is 10.2. The van der Waals surface area contributed by atoms with Gasteiger partial charge in [0.15, 0.2) is 12.0 Å². The van der Waals surface area contributed by atoms with Gasteiger partial charge in [-0.3, -0.25) is 9.59 Å². The second-order valence-electron chi connectivity index (χ2n) is 4.80. The van der Waals surface area contributed by atoms with Gasteiger partial charge in [0, 0.05) is 12.2 Å². The fraction of sp³-hybridized carbons (Fsp3) is 0.286. The van der Waals surface area contributed by atoms with Gasteiger partial charge >= 0.3 is 0 Å². The number of benzene rings is 1. The van der Waals surface area contributed by atoms with Crippen LogP contribution >= 0.6 is 0 Å². The molecular weight excluding hydrogens is 272 g/mol. The average molecular weight is 286 g/mol. The molecule has 0 bridgehead atoms. The molecule has 1 fully saturated rings. The van der Waals surface area contributed by atoms with E-state index in [2.05, 4.69) is 10.3 Å². The lowest BCUT2D eigenvalue weighted by molar-refractivity contribution is 0.1000. The van der Waals surface area contributed by atoms with Crippen molar-refractivity contribution in [3.05, 3.63) is 41.2 Å². The second-order valence-corrected chi connectivity index (χ2v) is 4.80. The SMILES string of the molecule is NC(=O)c1ccc(-n2nnc(C=O)c2C2CCCO2)cc1. The van der Waals surface area contributed by atoms with Crippen LogP contribution in [0, 0.1) is 0 Å². The molecule has 3 rings (SSSR count). The number of hydrogen-bond acceptors (Lipinski definition) is 5. The summed E-state index contributed by atoms with van der Waals surface area (Å²) in [6.07, 6.45) is 2.26. The van der Waals surface area contributed by atoms with E-state index in [-0.39, 0.29) is 11.8 Å². The van der Waals surface area contributed by atoms with E-state index in [1.165, 1.54) is 0 Å². The van der Waals surface area contributed by atoms with E-state index in [0.717, 1.165) is 12.8 Å². The predicted molar refractivity (Wildman–Crippen MR) is 73.2 cm³/mol. The molecule has 21 heavy (non-hydrogen) atoms. The minimum atomic E-state index is -0.493. The minimum absolute atomic E-state index is 0.184. The number of nitrogens with zero attached hydrogens (tertiary/aromatic N) is 3. The largest absolute Gasteiger partial charge is 0.372 e. The maximum absolute atomic E-state index is 11.1. The summed E-state index contributed by atoms with van der Waals surface area (Å²) < 4.78 is 7.20. The van der Waals surface area contributed by atoms with E-state index in [9.17, 15) is 9.59 Å². The van der Waals surface area contributed by atoms with Gasteiger partial charge in [-0.15, -0.1) is 5.10 Å². The van der Waals surface area contributed by atoms with Crippen LogP contribution in [0.15, 0.2) is 24.3 Å². The number of hydrogen-bond donors (Lipinski definition) is 1. The van der Waals surface area contributed by atoms with E-state index in [1.807, 2.05) is 0 Å². The van der Waals surface area contributed by atoms with Crippen molar-refractivity contribution in [2.75, 3.05) is 6.61 Å². The smallest absolute Gasteiger partial charge is 0.248 e. The highest BCUT2D eigenvalue weighted by Gasteiger charge is 2.27. The van der Waals surface area contributed by atoms with Crippen molar-refractivity contribution in [2.45, 2.75) is 18.9 Å². The molecule has 1 aromatic carbocycles. The highest BCUT2D eigenvalue weighted by Crippen LogP contribution is 2.31. The maximum Gasteiger partial charge on any atom is 0.248 e. The average Bonchev–Trinajstić information content (AvgIpc) is 3.15. The second kappa shape index (κ2) is 5.45. The van der Waals surface area contributed by atoms with Crippen LogP contribution in [0.5, 0.6) is 0 Å². The Bertz CT molecular complexity index is 672. The number of nitrogens with two attached hydrogens (primary N) is 1. The molecule has 108 valence electrons. The molecular formula is C14H14N4O3. The number of carbonyl (C=O) groups excluding carboxylic acids is 2. The Kier molecular flexibility index (Phi) is 3.49. The number of amides is 1. The summed E-state index contributed by atoms with van der Waals surface area (Å²) in [7, 11) is 0. The number of aromatic nitrogens is 3. The molecule has 1 amide bonds. The molecule has 0 spiro atoms. The fourth-order valence-electron chi connectivity index (χ4n) is 2.44. The standard InChI is InChI=1S/C14H14N4O3/c15-14(20)9-3-5-10(6-4-9)18-13(11(8-19)16-17-18)12-2-1-7-21-12/h3-6,8,12H,1-2,7H2,(H2,15,20). The molecule has 0 aliphatic carbocycles. The van der Waals surface area contributed by atoms with Crippen LogP contribution in [0.2, 0.25) is 0 Å². The zero-order chi connectivity index (χ0) is 14.8. The molecule has 7 heteroatoms. The van der Waals surface area contributed by atoms with Crippen LogP contribution in [0.3, 0.4) is 0 Å². The van der Waals surface area contributed by atoms with Gasteiger partial charge in [-0.2, -0.15) is 0 Å². The summed E-state index contributed by atoms with van der Waals surface area (Å²) in [5.74, 6) is -0.493. The highest BCUT2D eigenvalue weighted by atomic mass is 16.5. The fourth-order valence-corrected chi connectivity index (χ4v) is 2.44. The quantitative estimate of drug-likeness (QED) is 0.846. The van der Waals surface area contributed by atoms with E-state index in [0.29, 0.717) is 29.8 Å². The van der Waals surface area contributed by atoms with E-state index >= 15 is 0 Å². The Labute approximate surface area is 120 Å². The first-order valence-electron chi connectivity index (χ1n) is 6.63. The van der Waals surface area contributed by atoms with Crippen LogP contribution in [0.25, 0.3) is 5.69 Å².